The van der Waals surface area contributed by atoms with Crippen LogP contribution in [-0.4, -0.2) is 93.1 Å². The summed E-state index contributed by atoms with van der Waals surface area (Å²) in [6, 6.07) is 11.4. The summed E-state index contributed by atoms with van der Waals surface area (Å²) < 4.78 is 5.18. The summed E-state index contributed by atoms with van der Waals surface area (Å²) in [5, 5.41) is 3.40. The minimum atomic E-state index is 0. The number of piperidine rings is 2. The Kier molecular flexibility index (Phi) is 11.0. The Morgan fingerprint density at radius 1 is 1.23 bits per heavy atom. The smallest absolute Gasteiger partial charge is 0.243 e. The number of guanidine groups is 1. The maximum absolute atomic E-state index is 12.0. The van der Waals surface area contributed by atoms with Crippen molar-refractivity contribution in [3.8, 4) is 0 Å². The van der Waals surface area contributed by atoms with Gasteiger partial charge in [0.25, 0.3) is 0 Å². The van der Waals surface area contributed by atoms with Gasteiger partial charge < -0.3 is 19.9 Å². The van der Waals surface area contributed by atoms with Crippen molar-refractivity contribution >= 4 is 35.8 Å². The van der Waals surface area contributed by atoms with Gasteiger partial charge in [0.15, 0.2) is 5.96 Å². The number of aliphatic imine (C=N–C) groups is 1. The molecule has 0 saturated carbocycles. The van der Waals surface area contributed by atoms with Crippen molar-refractivity contribution in [2.45, 2.75) is 31.8 Å². The fourth-order valence-corrected chi connectivity index (χ4v) is 4.53. The highest BCUT2D eigenvalue weighted by molar-refractivity contribution is 14.0. The molecule has 2 unspecified atom stereocenters. The van der Waals surface area contributed by atoms with Crippen molar-refractivity contribution in [3.63, 3.8) is 0 Å². The molecule has 2 heterocycles. The molecule has 1 N–H and O–H groups in total. The molecule has 2 aliphatic heterocycles. The van der Waals surface area contributed by atoms with Crippen molar-refractivity contribution in [2.24, 2.45) is 10.9 Å². The molecule has 0 bridgehead atoms. The van der Waals surface area contributed by atoms with Gasteiger partial charge in [0, 0.05) is 53.4 Å². The zero-order chi connectivity index (χ0) is 21.3. The molecule has 31 heavy (non-hydrogen) atoms. The van der Waals surface area contributed by atoms with Crippen molar-refractivity contribution < 1.29 is 9.53 Å². The van der Waals surface area contributed by atoms with Crippen molar-refractivity contribution in [1.29, 1.82) is 0 Å². The molecule has 7 nitrogen and oxygen atoms in total. The molecule has 2 fully saturated rings. The fourth-order valence-electron chi connectivity index (χ4n) is 4.53. The number of carbonyl (C=O) groups excluding carboxylic acids is 1. The maximum Gasteiger partial charge on any atom is 0.243 e. The number of halogens is 1. The monoisotopic (exact) mass is 543 g/mol. The number of hydrogen-bond donors (Lipinski definition) is 1. The highest BCUT2D eigenvalue weighted by atomic mass is 127. The van der Waals surface area contributed by atoms with Crippen LogP contribution in [0.15, 0.2) is 35.3 Å². The molecule has 3 rings (SSSR count). The van der Waals surface area contributed by atoms with E-state index >= 15 is 0 Å². The number of nitrogens with zero attached hydrogens (tertiary/aromatic N) is 4. The second kappa shape index (κ2) is 13.2. The number of hydrogen-bond acceptors (Lipinski definition) is 4. The summed E-state index contributed by atoms with van der Waals surface area (Å²) in [7, 11) is 5.23. The fraction of sp³-hybridized carbons (Fsp3) is 0.652. The van der Waals surface area contributed by atoms with Crippen LogP contribution in [0, 0.1) is 5.92 Å². The highest BCUT2D eigenvalue weighted by Gasteiger charge is 2.36. The highest BCUT2D eigenvalue weighted by Crippen LogP contribution is 2.31. The summed E-state index contributed by atoms with van der Waals surface area (Å²) in [5.41, 5.74) is 1.39. The zero-order valence-corrected chi connectivity index (χ0v) is 21.5. The number of nitrogens with one attached hydrogen (secondary N) is 1. The number of likely N-dealkylation sites (tertiary alicyclic amines) is 2. The topological polar surface area (TPSA) is 60.4 Å². The molecule has 0 radical (unpaired) electrons. The molecule has 0 aliphatic carbocycles. The molecule has 1 aromatic rings. The van der Waals surface area contributed by atoms with Crippen LogP contribution in [0.2, 0.25) is 0 Å². The largest absolute Gasteiger partial charge is 0.383 e. The molecule has 8 heteroatoms. The van der Waals surface area contributed by atoms with Gasteiger partial charge in [-0.1, -0.05) is 30.3 Å². The first-order chi connectivity index (χ1) is 14.6. The summed E-state index contributed by atoms with van der Waals surface area (Å²) in [6.45, 7) is 5.65. The minimum Gasteiger partial charge on any atom is -0.383 e. The molecule has 2 atom stereocenters. The number of benzene rings is 1. The first-order valence-electron chi connectivity index (χ1n) is 11.1. The number of rotatable bonds is 7. The van der Waals surface area contributed by atoms with Gasteiger partial charge in [0.05, 0.1) is 6.61 Å². The molecule has 0 aromatic heterocycles. The average Bonchev–Trinajstić information content (AvgIpc) is 2.76. The van der Waals surface area contributed by atoms with Crippen LogP contribution in [0.1, 0.15) is 24.8 Å². The van der Waals surface area contributed by atoms with Crippen LogP contribution in [0.4, 0.5) is 0 Å². The van der Waals surface area contributed by atoms with E-state index in [1.807, 2.05) is 0 Å². The Labute approximate surface area is 204 Å². The molecule has 174 valence electrons. The molecule has 1 aromatic carbocycles. The van der Waals surface area contributed by atoms with Crippen LogP contribution in [0.25, 0.3) is 0 Å². The standard InChI is InChI=1S/C23H37N5O2.HI/c1-26(2)22(29)16-25-23(24-12-15-30-3)28-14-11-21-20(18-28)10-7-13-27(21)17-19-8-5-4-6-9-19;/h4-6,8-9,20-21H,7,10-18H2,1-3H3,(H,24,25);1H. The third-order valence-corrected chi connectivity index (χ3v) is 6.16. The first-order valence-corrected chi connectivity index (χ1v) is 11.1. The van der Waals surface area contributed by atoms with Gasteiger partial charge in [-0.25, -0.2) is 4.99 Å². The molecule has 0 spiro atoms. The predicted octanol–water partition coefficient (Wildman–Crippen LogP) is 2.27. The lowest BCUT2D eigenvalue weighted by molar-refractivity contribution is -0.127. The average molecular weight is 543 g/mol. The van der Waals surface area contributed by atoms with Gasteiger partial charge in [-0.15, -0.1) is 24.0 Å². The molecular weight excluding hydrogens is 505 g/mol. The van der Waals surface area contributed by atoms with E-state index in [1.165, 1.54) is 24.9 Å². The van der Waals surface area contributed by atoms with Gasteiger partial charge in [-0.2, -0.15) is 0 Å². The van der Waals surface area contributed by atoms with E-state index in [9.17, 15) is 4.79 Å². The van der Waals surface area contributed by atoms with Crippen LogP contribution in [-0.2, 0) is 16.1 Å². The van der Waals surface area contributed by atoms with Crippen LogP contribution < -0.4 is 5.32 Å². The van der Waals surface area contributed by atoms with E-state index in [0.29, 0.717) is 25.1 Å². The van der Waals surface area contributed by atoms with Gasteiger partial charge in [-0.05, 0) is 37.3 Å². The number of likely N-dealkylation sites (N-methyl/N-ethyl adjacent to an activating group) is 1. The minimum absolute atomic E-state index is 0. The maximum atomic E-state index is 12.0. The third kappa shape index (κ3) is 7.61. The normalized spacial score (nSPS) is 21.8. The summed E-state index contributed by atoms with van der Waals surface area (Å²) in [4.78, 5) is 23.3. The Morgan fingerprint density at radius 2 is 2.00 bits per heavy atom. The van der Waals surface area contributed by atoms with E-state index in [-0.39, 0.29) is 36.4 Å². The quantitative estimate of drug-likeness (QED) is 0.248. The summed E-state index contributed by atoms with van der Waals surface area (Å²) in [6.07, 6.45) is 3.63. The summed E-state index contributed by atoms with van der Waals surface area (Å²) >= 11 is 0. The van der Waals surface area contributed by atoms with Crippen molar-refractivity contribution in [3.05, 3.63) is 35.9 Å². The van der Waals surface area contributed by atoms with Gasteiger partial charge in [0.1, 0.15) is 6.54 Å². The number of carbonyl (C=O) groups is 1. The number of ether oxygens (including phenoxy) is 1. The third-order valence-electron chi connectivity index (χ3n) is 6.16. The van der Waals surface area contributed by atoms with E-state index in [4.69, 9.17) is 4.74 Å². The lowest BCUT2D eigenvalue weighted by Gasteiger charge is -2.48. The second-order valence-corrected chi connectivity index (χ2v) is 8.51. The van der Waals surface area contributed by atoms with Crippen LogP contribution in [0.5, 0.6) is 0 Å². The molecule has 1 amide bonds. The number of amides is 1. The molecule has 2 aliphatic rings. The molecule has 2 saturated heterocycles. The lowest BCUT2D eigenvalue weighted by atomic mass is 9.83. The summed E-state index contributed by atoms with van der Waals surface area (Å²) in [5.74, 6) is 1.48. The zero-order valence-electron chi connectivity index (χ0n) is 19.1. The second-order valence-electron chi connectivity index (χ2n) is 8.51. The van der Waals surface area contributed by atoms with Crippen LogP contribution >= 0.6 is 24.0 Å². The van der Waals surface area contributed by atoms with E-state index in [0.717, 1.165) is 32.0 Å². The van der Waals surface area contributed by atoms with Crippen LogP contribution in [0.3, 0.4) is 0 Å². The Bertz CT molecular complexity index is 700. The van der Waals surface area contributed by atoms with Crippen molar-refractivity contribution in [1.82, 2.24) is 20.0 Å². The van der Waals surface area contributed by atoms with E-state index in [1.54, 1.807) is 26.1 Å². The van der Waals surface area contributed by atoms with E-state index in [2.05, 4.69) is 50.4 Å². The van der Waals surface area contributed by atoms with Gasteiger partial charge in [-0.3, -0.25) is 9.69 Å². The van der Waals surface area contributed by atoms with Crippen molar-refractivity contribution in [2.75, 3.05) is 60.5 Å². The lowest BCUT2D eigenvalue weighted by Crippen LogP contribution is -2.57. The van der Waals surface area contributed by atoms with Gasteiger partial charge in [0.2, 0.25) is 5.91 Å². The number of fused-ring (bicyclic) bond motifs is 1. The van der Waals surface area contributed by atoms with Gasteiger partial charge >= 0.3 is 0 Å². The SMILES string of the molecule is COCCNC(=NCC(=O)N(C)C)N1CCC2C(CCCN2Cc2ccccc2)C1.I. The van der Waals surface area contributed by atoms with E-state index < -0.39 is 0 Å². The number of methoxy groups -OCH3 is 1. The first kappa shape index (κ1) is 25.9. The predicted molar refractivity (Wildman–Crippen MR) is 136 cm³/mol. The Morgan fingerprint density at radius 3 is 2.71 bits per heavy atom. The Hall–Kier alpha value is -1.39. The molecular formula is C23H38IN5O2. The Balaban J connectivity index is 0.00000341.